The zero-order valence-electron chi connectivity index (χ0n) is 19.7. The van der Waals surface area contributed by atoms with Crippen LogP contribution in [0.25, 0.3) is 0 Å². The molecule has 1 amide bonds. The first-order valence-electron chi connectivity index (χ1n) is 10.7. The summed E-state index contributed by atoms with van der Waals surface area (Å²) in [6.45, 7) is 8.06. The second-order valence-corrected chi connectivity index (χ2v) is 11.7. The Morgan fingerprint density at radius 2 is 1.97 bits per heavy atom. The molecule has 12 heteroatoms. The van der Waals surface area contributed by atoms with Gasteiger partial charge in [0.05, 0.1) is 6.61 Å². The molecule has 1 fully saturated rings. The minimum absolute atomic E-state index is 0.143. The fourth-order valence-corrected chi connectivity index (χ4v) is 5.13. The van der Waals surface area contributed by atoms with Crippen LogP contribution in [0.5, 0.6) is 0 Å². The van der Waals surface area contributed by atoms with Crippen molar-refractivity contribution >= 4 is 38.9 Å². The van der Waals surface area contributed by atoms with Gasteiger partial charge >= 0.3 is 12.1 Å². The first-order valence-corrected chi connectivity index (χ1v) is 13.4. The summed E-state index contributed by atoms with van der Waals surface area (Å²) < 4.78 is 48.7. The van der Waals surface area contributed by atoms with Crippen LogP contribution in [0, 0.1) is 5.82 Å². The lowest BCUT2D eigenvalue weighted by Gasteiger charge is -2.41. The molecule has 2 aromatic rings. The molecule has 0 N–H and O–H groups in total. The third-order valence-corrected chi connectivity index (χ3v) is 7.04. The number of piperazine rings is 1. The van der Waals surface area contributed by atoms with Crippen LogP contribution in [0.3, 0.4) is 0 Å². The first kappa shape index (κ1) is 25.9. The topological polar surface area (TPSA) is 106 Å². The largest absolute Gasteiger partial charge is 0.461 e. The van der Waals surface area contributed by atoms with Crippen LogP contribution in [0.1, 0.15) is 49.2 Å². The van der Waals surface area contributed by atoms with Crippen molar-refractivity contribution in [3.05, 3.63) is 40.1 Å². The lowest BCUT2D eigenvalue weighted by atomic mass is 10.1. The monoisotopic (exact) mass is 513 g/mol. The van der Waals surface area contributed by atoms with Crippen LogP contribution >= 0.6 is 11.3 Å². The van der Waals surface area contributed by atoms with Gasteiger partial charge in [-0.05, 0) is 45.9 Å². The molecule has 0 saturated carbocycles. The molecule has 2 heterocycles. The van der Waals surface area contributed by atoms with Gasteiger partial charge in [-0.15, -0.1) is 11.3 Å². The highest BCUT2D eigenvalue weighted by Crippen LogP contribution is 2.33. The average Bonchev–Trinajstić information content (AvgIpc) is 3.22. The number of ether oxygens (including phenoxy) is 2. The van der Waals surface area contributed by atoms with Gasteiger partial charge in [0, 0.05) is 37.0 Å². The van der Waals surface area contributed by atoms with E-state index in [1.165, 1.54) is 28.4 Å². The van der Waals surface area contributed by atoms with Crippen molar-refractivity contribution in [1.29, 1.82) is 0 Å². The van der Waals surface area contributed by atoms with Crippen molar-refractivity contribution in [3.63, 3.8) is 0 Å². The Kier molecular flexibility index (Phi) is 7.51. The van der Waals surface area contributed by atoms with Crippen molar-refractivity contribution in [1.82, 2.24) is 9.88 Å². The van der Waals surface area contributed by atoms with Crippen molar-refractivity contribution in [3.8, 4) is 0 Å². The minimum Gasteiger partial charge on any atom is -0.461 e. The van der Waals surface area contributed by atoms with Crippen LogP contribution in [0.15, 0.2) is 28.5 Å². The lowest BCUT2D eigenvalue weighted by molar-refractivity contribution is 0.0137. The van der Waals surface area contributed by atoms with Gasteiger partial charge in [0.15, 0.2) is 15.5 Å². The van der Waals surface area contributed by atoms with E-state index in [0.717, 1.165) is 12.3 Å². The molecule has 0 aliphatic carbocycles. The molecule has 9 nitrogen and oxygen atoms in total. The third kappa shape index (κ3) is 6.03. The number of thiazole rings is 1. The van der Waals surface area contributed by atoms with E-state index in [-0.39, 0.29) is 25.4 Å². The molecule has 1 unspecified atom stereocenters. The zero-order valence-corrected chi connectivity index (χ0v) is 21.3. The maximum absolute atomic E-state index is 14.1. The van der Waals surface area contributed by atoms with E-state index < -0.39 is 44.3 Å². The molecule has 0 bridgehead atoms. The molecule has 1 aliphatic heterocycles. The minimum atomic E-state index is -3.76. The Bertz CT molecular complexity index is 1180. The van der Waals surface area contributed by atoms with Gasteiger partial charge in [-0.2, -0.15) is 0 Å². The molecular formula is C22H28FN3O6S2. The molecule has 1 atom stereocenters. The van der Waals surface area contributed by atoms with Crippen LogP contribution in [0.2, 0.25) is 0 Å². The standard InChI is InChI=1S/C22H28FN3O6S2/c1-6-31-20(27)16-13-33-19(24-16)17-12-25(9-10-26(17)21(28)32-22(2,3)4)14-7-8-15(23)18(11-14)34(5,29)30/h7-8,11,13,17H,6,9-10,12H2,1-5H3. The Morgan fingerprint density at radius 1 is 1.26 bits per heavy atom. The molecule has 0 radical (unpaired) electrons. The number of amides is 1. The van der Waals surface area contributed by atoms with Crippen LogP contribution in [0.4, 0.5) is 14.9 Å². The summed E-state index contributed by atoms with van der Waals surface area (Å²) in [5, 5.41) is 2.07. The molecule has 34 heavy (non-hydrogen) atoms. The summed E-state index contributed by atoms with van der Waals surface area (Å²) >= 11 is 1.21. The van der Waals surface area contributed by atoms with Crippen LogP contribution in [-0.4, -0.2) is 68.5 Å². The normalized spacial score (nSPS) is 16.9. The molecular weight excluding hydrogens is 485 g/mol. The molecule has 1 saturated heterocycles. The van der Waals surface area contributed by atoms with Gasteiger partial charge in [-0.1, -0.05) is 0 Å². The number of hydrogen-bond donors (Lipinski definition) is 0. The SMILES string of the molecule is CCOC(=O)c1csc(C2CN(c3ccc(F)c(S(C)(=O)=O)c3)CCN2C(=O)OC(C)(C)C)n1. The summed E-state index contributed by atoms with van der Waals surface area (Å²) in [5.41, 5.74) is -0.0684. The third-order valence-electron chi connectivity index (χ3n) is 4.98. The highest BCUT2D eigenvalue weighted by atomic mass is 32.2. The van der Waals surface area contributed by atoms with Crippen LogP contribution < -0.4 is 4.90 Å². The van der Waals surface area contributed by atoms with Gasteiger partial charge in [0.1, 0.15) is 27.4 Å². The van der Waals surface area contributed by atoms with E-state index in [2.05, 4.69) is 4.98 Å². The molecule has 0 spiro atoms. The number of benzene rings is 1. The molecule has 186 valence electrons. The first-order chi connectivity index (χ1) is 15.8. The Balaban J connectivity index is 1.95. The number of carbonyl (C=O) groups is 2. The van der Waals surface area contributed by atoms with E-state index in [4.69, 9.17) is 9.47 Å². The average molecular weight is 514 g/mol. The Labute approximate surface area is 202 Å². The summed E-state index contributed by atoms with van der Waals surface area (Å²) in [4.78, 5) is 32.5. The van der Waals surface area contributed by atoms with E-state index in [0.29, 0.717) is 17.2 Å². The molecule has 1 aromatic carbocycles. The number of nitrogens with zero attached hydrogens (tertiary/aromatic N) is 3. The molecule has 1 aromatic heterocycles. The van der Waals surface area contributed by atoms with Gasteiger partial charge < -0.3 is 14.4 Å². The number of halogens is 1. The number of anilines is 1. The Hall–Kier alpha value is -2.73. The van der Waals surface area contributed by atoms with Gasteiger partial charge in [0.2, 0.25) is 0 Å². The van der Waals surface area contributed by atoms with Crippen molar-refractivity contribution in [2.24, 2.45) is 0 Å². The summed E-state index contributed by atoms with van der Waals surface area (Å²) in [5.74, 6) is -1.38. The van der Waals surface area contributed by atoms with E-state index in [1.807, 2.05) is 4.90 Å². The highest BCUT2D eigenvalue weighted by Gasteiger charge is 2.37. The quantitative estimate of drug-likeness (QED) is 0.558. The maximum Gasteiger partial charge on any atom is 0.411 e. The summed E-state index contributed by atoms with van der Waals surface area (Å²) in [6, 6.07) is 3.32. The van der Waals surface area contributed by atoms with E-state index in [1.54, 1.807) is 33.1 Å². The number of esters is 1. The number of aromatic nitrogens is 1. The maximum atomic E-state index is 14.1. The van der Waals surface area contributed by atoms with Gasteiger partial charge in [-0.3, -0.25) is 4.90 Å². The fraction of sp³-hybridized carbons (Fsp3) is 0.500. The molecule has 3 rings (SSSR count). The number of hydrogen-bond acceptors (Lipinski definition) is 9. The number of carbonyl (C=O) groups excluding carboxylic acids is 2. The van der Waals surface area contributed by atoms with Gasteiger partial charge in [0.25, 0.3) is 0 Å². The van der Waals surface area contributed by atoms with Gasteiger partial charge in [-0.25, -0.2) is 27.4 Å². The summed E-state index contributed by atoms with van der Waals surface area (Å²) in [6.07, 6.45) is 0.422. The number of rotatable bonds is 5. The van der Waals surface area contributed by atoms with E-state index >= 15 is 0 Å². The second-order valence-electron chi connectivity index (χ2n) is 8.81. The molecule has 1 aliphatic rings. The number of sulfone groups is 1. The highest BCUT2D eigenvalue weighted by molar-refractivity contribution is 7.90. The second kappa shape index (κ2) is 9.87. The summed E-state index contributed by atoms with van der Waals surface area (Å²) in [7, 11) is -3.76. The predicted molar refractivity (Wildman–Crippen MR) is 125 cm³/mol. The zero-order chi connectivity index (χ0) is 25.3. The van der Waals surface area contributed by atoms with Crippen molar-refractivity contribution in [2.45, 2.75) is 44.2 Å². The fourth-order valence-electron chi connectivity index (χ4n) is 3.48. The Morgan fingerprint density at radius 3 is 2.59 bits per heavy atom. The predicted octanol–water partition coefficient (Wildman–Crippen LogP) is 3.66. The smallest absolute Gasteiger partial charge is 0.411 e. The van der Waals surface area contributed by atoms with Crippen molar-refractivity contribution in [2.75, 3.05) is 37.4 Å². The van der Waals surface area contributed by atoms with Crippen molar-refractivity contribution < 1.29 is 31.9 Å². The van der Waals surface area contributed by atoms with E-state index in [9.17, 15) is 22.4 Å². The lowest BCUT2D eigenvalue weighted by Crippen LogP contribution is -2.52. The van der Waals surface area contributed by atoms with Crippen LogP contribution in [-0.2, 0) is 19.3 Å².